The van der Waals surface area contributed by atoms with E-state index < -0.39 is 0 Å². The van der Waals surface area contributed by atoms with Crippen LogP contribution in [0.25, 0.3) is 11.0 Å². The molecule has 0 bridgehead atoms. The Bertz CT molecular complexity index is 516. The second-order valence-electron chi connectivity index (χ2n) is 2.96. The Morgan fingerprint density at radius 3 is 3.00 bits per heavy atom. The predicted molar refractivity (Wildman–Crippen MR) is 47.2 cm³/mol. The monoisotopic (exact) mass is 177 g/mol. The normalized spacial score (nSPS) is 10.5. The minimum absolute atomic E-state index is 0.454. The molecule has 0 unspecified atom stereocenters. The molecule has 0 saturated carbocycles. The lowest BCUT2D eigenvalue weighted by Crippen LogP contribution is -2.16. The van der Waals surface area contributed by atoms with Crippen molar-refractivity contribution in [2.45, 2.75) is 6.92 Å². The molecule has 0 aliphatic carbocycles. The van der Waals surface area contributed by atoms with Gasteiger partial charge in [-0.3, -0.25) is 0 Å². The van der Waals surface area contributed by atoms with E-state index in [1.54, 1.807) is 12.1 Å². The molecule has 66 valence electrons. The summed E-state index contributed by atoms with van der Waals surface area (Å²) in [5, 5.41) is 9.38. The standard InChI is InChI=1S/C9H9N2O2/c1-7-2-3-8-9(6-7)11(13)5-4-10(8)12/h2-6,13H,1H3/q+1. The molecule has 0 aliphatic heterocycles. The average molecular weight is 177 g/mol. The second kappa shape index (κ2) is 2.58. The number of hydrogen-bond donors (Lipinski definition) is 1. The Labute approximate surface area is 74.2 Å². The van der Waals surface area contributed by atoms with Gasteiger partial charge < -0.3 is 5.21 Å². The van der Waals surface area contributed by atoms with E-state index in [0.29, 0.717) is 11.0 Å². The molecule has 1 aromatic carbocycles. The summed E-state index contributed by atoms with van der Waals surface area (Å²) in [5.41, 5.74) is 1.97. The van der Waals surface area contributed by atoms with Crippen molar-refractivity contribution in [3.63, 3.8) is 0 Å². The van der Waals surface area contributed by atoms with E-state index in [4.69, 9.17) is 0 Å². The molecule has 2 rings (SSSR count). The highest BCUT2D eigenvalue weighted by Crippen LogP contribution is 2.09. The molecule has 1 heterocycles. The molecule has 0 amide bonds. The van der Waals surface area contributed by atoms with Crippen molar-refractivity contribution in [2.24, 2.45) is 0 Å². The van der Waals surface area contributed by atoms with Crippen molar-refractivity contribution in [3.05, 3.63) is 41.1 Å². The Hall–Kier alpha value is -1.84. The van der Waals surface area contributed by atoms with E-state index in [1.165, 1.54) is 12.4 Å². The summed E-state index contributed by atoms with van der Waals surface area (Å²) in [4.78, 5) is 11.2. The zero-order valence-electron chi connectivity index (χ0n) is 7.14. The van der Waals surface area contributed by atoms with Gasteiger partial charge in [0.25, 0.3) is 5.52 Å². The van der Waals surface area contributed by atoms with Crippen LogP contribution in [0.15, 0.2) is 30.6 Å². The molecular weight excluding hydrogens is 168 g/mol. The first-order valence-electron chi connectivity index (χ1n) is 3.92. The second-order valence-corrected chi connectivity index (χ2v) is 2.96. The molecule has 0 atom stereocenters. The van der Waals surface area contributed by atoms with Crippen molar-refractivity contribution in [2.75, 3.05) is 0 Å². The minimum Gasteiger partial charge on any atom is -0.428 e. The first kappa shape index (κ1) is 7.79. The quantitative estimate of drug-likeness (QED) is 0.484. The number of benzene rings is 1. The first-order valence-corrected chi connectivity index (χ1v) is 3.92. The van der Waals surface area contributed by atoms with Crippen LogP contribution in [-0.4, -0.2) is 9.94 Å². The number of fused-ring (bicyclic) bond motifs is 1. The number of aromatic nitrogens is 2. The fourth-order valence-corrected chi connectivity index (χ4v) is 1.29. The van der Waals surface area contributed by atoms with Gasteiger partial charge in [-0.1, -0.05) is 6.07 Å². The molecule has 4 heteroatoms. The summed E-state index contributed by atoms with van der Waals surface area (Å²) in [6, 6.07) is 5.27. The first-order chi connectivity index (χ1) is 6.18. The summed E-state index contributed by atoms with van der Waals surface area (Å²) < 4.78 is 1.66. The molecule has 0 saturated heterocycles. The maximum atomic E-state index is 11.2. The zero-order chi connectivity index (χ0) is 9.42. The van der Waals surface area contributed by atoms with Gasteiger partial charge in [0, 0.05) is 11.0 Å². The van der Waals surface area contributed by atoms with Crippen LogP contribution in [0.4, 0.5) is 0 Å². The molecule has 13 heavy (non-hydrogen) atoms. The number of rotatable bonds is 0. The molecule has 1 aromatic heterocycles. The van der Waals surface area contributed by atoms with Crippen LogP contribution in [0.1, 0.15) is 5.56 Å². The van der Waals surface area contributed by atoms with Gasteiger partial charge >= 0.3 is 0 Å². The van der Waals surface area contributed by atoms with E-state index in [1.807, 2.05) is 13.0 Å². The Balaban J connectivity index is 3.01. The third-order valence-corrected chi connectivity index (χ3v) is 1.96. The van der Waals surface area contributed by atoms with Gasteiger partial charge in [-0.25, -0.2) is 0 Å². The Morgan fingerprint density at radius 2 is 2.23 bits per heavy atom. The van der Waals surface area contributed by atoms with Gasteiger partial charge in [0.2, 0.25) is 6.20 Å². The highest BCUT2D eigenvalue weighted by atomic mass is 16.5. The van der Waals surface area contributed by atoms with E-state index >= 15 is 0 Å². The van der Waals surface area contributed by atoms with Crippen LogP contribution in [0.3, 0.4) is 0 Å². The Morgan fingerprint density at radius 1 is 1.46 bits per heavy atom. The highest BCUT2D eigenvalue weighted by Gasteiger charge is 2.08. The summed E-state index contributed by atoms with van der Waals surface area (Å²) >= 11 is 0. The SMILES string of the molecule is Cc1ccc2c(c1)n(O)cc[n+]2=O. The minimum atomic E-state index is 0.454. The van der Waals surface area contributed by atoms with E-state index in [2.05, 4.69) is 0 Å². The third-order valence-electron chi connectivity index (χ3n) is 1.96. The van der Waals surface area contributed by atoms with E-state index in [0.717, 1.165) is 14.7 Å². The van der Waals surface area contributed by atoms with Gasteiger partial charge in [-0.05, 0) is 18.6 Å². The molecule has 0 aliphatic rings. The third kappa shape index (κ3) is 1.16. The Kier molecular flexibility index (Phi) is 1.55. The molecule has 0 fully saturated rings. The van der Waals surface area contributed by atoms with Crippen molar-refractivity contribution in [1.82, 2.24) is 4.73 Å². The number of nitrogens with zero attached hydrogens (tertiary/aromatic N) is 2. The lowest BCUT2D eigenvalue weighted by Gasteiger charge is -1.97. The largest absolute Gasteiger partial charge is 0.428 e. The summed E-state index contributed by atoms with van der Waals surface area (Å²) in [6.45, 7) is 1.90. The molecule has 0 spiro atoms. The molecule has 0 radical (unpaired) electrons. The number of aryl methyl sites for hydroxylation is 1. The van der Waals surface area contributed by atoms with E-state index in [9.17, 15) is 10.1 Å². The van der Waals surface area contributed by atoms with Gasteiger partial charge in [-0.15, -0.1) is 0 Å². The maximum absolute atomic E-state index is 11.2. The molecule has 4 nitrogen and oxygen atoms in total. The van der Waals surface area contributed by atoms with Gasteiger partial charge in [0.1, 0.15) is 6.20 Å². The number of hydrogen-bond acceptors (Lipinski definition) is 2. The van der Waals surface area contributed by atoms with E-state index in [-0.39, 0.29) is 0 Å². The van der Waals surface area contributed by atoms with Gasteiger partial charge in [0.15, 0.2) is 5.52 Å². The van der Waals surface area contributed by atoms with Gasteiger partial charge in [-0.2, -0.15) is 4.73 Å². The van der Waals surface area contributed by atoms with Crippen LogP contribution in [0, 0.1) is 11.8 Å². The zero-order valence-corrected chi connectivity index (χ0v) is 7.14. The molecular formula is C9H9N2O2+. The topological polar surface area (TPSA) is 48.1 Å². The fourth-order valence-electron chi connectivity index (χ4n) is 1.29. The average Bonchev–Trinajstić information content (AvgIpc) is 2.12. The fraction of sp³-hybridized carbons (Fsp3) is 0.111. The van der Waals surface area contributed by atoms with Crippen LogP contribution >= 0.6 is 0 Å². The summed E-state index contributed by atoms with van der Waals surface area (Å²) in [7, 11) is 0. The van der Waals surface area contributed by atoms with Crippen LogP contribution < -0.4 is 4.43 Å². The van der Waals surface area contributed by atoms with Crippen molar-refractivity contribution >= 4 is 11.0 Å². The van der Waals surface area contributed by atoms with Crippen molar-refractivity contribution < 1.29 is 9.63 Å². The van der Waals surface area contributed by atoms with Crippen LogP contribution in [0.5, 0.6) is 0 Å². The summed E-state index contributed by atoms with van der Waals surface area (Å²) in [5.74, 6) is 0. The molecule has 2 aromatic rings. The summed E-state index contributed by atoms with van der Waals surface area (Å²) in [6.07, 6.45) is 2.58. The van der Waals surface area contributed by atoms with Gasteiger partial charge in [0.05, 0.1) is 4.43 Å². The lowest BCUT2D eigenvalue weighted by molar-refractivity contribution is -0.465. The van der Waals surface area contributed by atoms with Crippen LogP contribution in [0.2, 0.25) is 0 Å². The van der Waals surface area contributed by atoms with Crippen molar-refractivity contribution in [1.29, 1.82) is 0 Å². The maximum Gasteiger partial charge on any atom is 0.289 e. The smallest absolute Gasteiger partial charge is 0.289 e. The lowest BCUT2D eigenvalue weighted by atomic mass is 10.2. The van der Waals surface area contributed by atoms with Crippen molar-refractivity contribution in [3.8, 4) is 0 Å². The predicted octanol–water partition coefficient (Wildman–Crippen LogP) is 1.10. The van der Waals surface area contributed by atoms with Crippen LogP contribution in [-0.2, 0) is 0 Å². The molecule has 1 N–H and O–H groups in total. The highest BCUT2D eigenvalue weighted by molar-refractivity contribution is 5.71.